The standard InChI is InChI=1S/C10H12N4O/c1-15-8-4-2-7(3-5-8)9(11)10-12-6-13-14-10/h2-6,9H,11H2,1H3,(H,12,13,14)/t9-/m0/s1. The van der Waals surface area contributed by atoms with Gasteiger partial charge in [0, 0.05) is 0 Å². The SMILES string of the molecule is COc1ccc([C@H](N)c2ncn[nH]2)cc1. The van der Waals surface area contributed by atoms with Crippen molar-refractivity contribution in [3.8, 4) is 5.75 Å². The Morgan fingerprint density at radius 2 is 2.07 bits per heavy atom. The normalized spacial score (nSPS) is 12.4. The third-order valence-electron chi connectivity index (χ3n) is 2.20. The monoisotopic (exact) mass is 204 g/mol. The number of aromatic amines is 1. The van der Waals surface area contributed by atoms with E-state index in [2.05, 4.69) is 15.2 Å². The maximum Gasteiger partial charge on any atom is 0.145 e. The van der Waals surface area contributed by atoms with Crippen LogP contribution in [-0.2, 0) is 0 Å². The third-order valence-corrected chi connectivity index (χ3v) is 2.20. The summed E-state index contributed by atoms with van der Waals surface area (Å²) >= 11 is 0. The van der Waals surface area contributed by atoms with Gasteiger partial charge in [-0.15, -0.1) is 0 Å². The maximum absolute atomic E-state index is 5.98. The fraction of sp³-hybridized carbons (Fsp3) is 0.200. The summed E-state index contributed by atoms with van der Waals surface area (Å²) in [6, 6.07) is 7.27. The van der Waals surface area contributed by atoms with Crippen LogP contribution in [0.3, 0.4) is 0 Å². The Bertz CT molecular complexity index is 409. The lowest BCUT2D eigenvalue weighted by Crippen LogP contribution is -2.13. The summed E-state index contributed by atoms with van der Waals surface area (Å²) in [5.74, 6) is 1.46. The lowest BCUT2D eigenvalue weighted by Gasteiger charge is -2.09. The number of aromatic nitrogens is 3. The van der Waals surface area contributed by atoms with Crippen LogP contribution < -0.4 is 10.5 Å². The molecule has 2 aromatic rings. The van der Waals surface area contributed by atoms with Gasteiger partial charge in [-0.05, 0) is 17.7 Å². The number of benzene rings is 1. The molecule has 0 saturated heterocycles. The van der Waals surface area contributed by atoms with Crippen molar-refractivity contribution in [1.29, 1.82) is 0 Å². The summed E-state index contributed by atoms with van der Waals surface area (Å²) in [5, 5.41) is 6.51. The average Bonchev–Trinajstić information content (AvgIpc) is 2.82. The van der Waals surface area contributed by atoms with Gasteiger partial charge in [0.05, 0.1) is 13.2 Å². The van der Waals surface area contributed by atoms with Gasteiger partial charge < -0.3 is 10.5 Å². The zero-order valence-corrected chi connectivity index (χ0v) is 8.34. The quantitative estimate of drug-likeness (QED) is 0.777. The molecule has 0 bridgehead atoms. The highest BCUT2D eigenvalue weighted by Crippen LogP contribution is 2.18. The molecule has 0 saturated carbocycles. The van der Waals surface area contributed by atoms with Crippen molar-refractivity contribution >= 4 is 0 Å². The lowest BCUT2D eigenvalue weighted by molar-refractivity contribution is 0.414. The Labute approximate surface area is 87.3 Å². The Morgan fingerprint density at radius 3 is 2.60 bits per heavy atom. The minimum Gasteiger partial charge on any atom is -0.497 e. The van der Waals surface area contributed by atoms with E-state index >= 15 is 0 Å². The van der Waals surface area contributed by atoms with Gasteiger partial charge in [0.15, 0.2) is 0 Å². The predicted molar refractivity (Wildman–Crippen MR) is 55.4 cm³/mol. The lowest BCUT2D eigenvalue weighted by atomic mass is 10.1. The number of methoxy groups -OCH3 is 1. The van der Waals surface area contributed by atoms with Gasteiger partial charge in [0.25, 0.3) is 0 Å². The van der Waals surface area contributed by atoms with Gasteiger partial charge in [0.2, 0.25) is 0 Å². The van der Waals surface area contributed by atoms with Crippen LogP contribution >= 0.6 is 0 Å². The van der Waals surface area contributed by atoms with Crippen molar-refractivity contribution < 1.29 is 4.74 Å². The highest BCUT2D eigenvalue weighted by molar-refractivity contribution is 5.31. The van der Waals surface area contributed by atoms with E-state index in [4.69, 9.17) is 10.5 Å². The first-order valence-electron chi connectivity index (χ1n) is 4.56. The molecule has 0 aliphatic carbocycles. The fourth-order valence-electron chi connectivity index (χ4n) is 1.33. The number of nitrogens with zero attached hydrogens (tertiary/aromatic N) is 2. The molecule has 0 radical (unpaired) electrons. The van der Waals surface area contributed by atoms with E-state index in [1.165, 1.54) is 6.33 Å². The molecule has 0 aliphatic heterocycles. The molecule has 0 amide bonds. The fourth-order valence-corrected chi connectivity index (χ4v) is 1.33. The summed E-state index contributed by atoms with van der Waals surface area (Å²) in [5.41, 5.74) is 6.94. The molecule has 78 valence electrons. The number of nitrogens with two attached hydrogens (primary N) is 1. The van der Waals surface area contributed by atoms with Crippen molar-refractivity contribution in [2.75, 3.05) is 7.11 Å². The Balaban J connectivity index is 2.22. The van der Waals surface area contributed by atoms with Crippen LogP contribution in [0.4, 0.5) is 0 Å². The number of rotatable bonds is 3. The highest BCUT2D eigenvalue weighted by Gasteiger charge is 2.11. The number of H-pyrrole nitrogens is 1. The second kappa shape index (κ2) is 4.10. The van der Waals surface area contributed by atoms with E-state index in [0.717, 1.165) is 11.3 Å². The molecule has 1 atom stereocenters. The summed E-state index contributed by atoms with van der Waals surface area (Å²) in [6.45, 7) is 0. The molecule has 0 unspecified atom stereocenters. The van der Waals surface area contributed by atoms with E-state index in [0.29, 0.717) is 5.82 Å². The van der Waals surface area contributed by atoms with Gasteiger partial charge in [-0.1, -0.05) is 12.1 Å². The number of hydrogen-bond donors (Lipinski definition) is 2. The van der Waals surface area contributed by atoms with Gasteiger partial charge in [-0.2, -0.15) is 5.10 Å². The van der Waals surface area contributed by atoms with E-state index in [9.17, 15) is 0 Å². The second-order valence-corrected chi connectivity index (χ2v) is 3.12. The second-order valence-electron chi connectivity index (χ2n) is 3.12. The van der Waals surface area contributed by atoms with Gasteiger partial charge >= 0.3 is 0 Å². The smallest absolute Gasteiger partial charge is 0.145 e. The highest BCUT2D eigenvalue weighted by atomic mass is 16.5. The summed E-state index contributed by atoms with van der Waals surface area (Å²) in [6.07, 6.45) is 1.44. The maximum atomic E-state index is 5.98. The van der Waals surface area contributed by atoms with Gasteiger partial charge in [0.1, 0.15) is 17.9 Å². The van der Waals surface area contributed by atoms with Crippen LogP contribution in [0.2, 0.25) is 0 Å². The number of nitrogens with one attached hydrogen (secondary N) is 1. The van der Waals surface area contributed by atoms with E-state index < -0.39 is 0 Å². The van der Waals surface area contributed by atoms with Crippen LogP contribution in [0.1, 0.15) is 17.4 Å². The molecule has 15 heavy (non-hydrogen) atoms. The summed E-state index contributed by atoms with van der Waals surface area (Å²) in [4.78, 5) is 4.01. The van der Waals surface area contributed by atoms with Crippen LogP contribution in [0.25, 0.3) is 0 Å². The average molecular weight is 204 g/mol. The van der Waals surface area contributed by atoms with Crippen LogP contribution in [0, 0.1) is 0 Å². The molecule has 5 nitrogen and oxygen atoms in total. The molecule has 1 heterocycles. The molecule has 3 N–H and O–H groups in total. The van der Waals surface area contributed by atoms with Gasteiger partial charge in [-0.25, -0.2) is 4.98 Å². The first-order valence-corrected chi connectivity index (χ1v) is 4.56. The molecule has 0 fully saturated rings. The van der Waals surface area contributed by atoms with Crippen molar-refractivity contribution in [2.24, 2.45) is 5.73 Å². The Morgan fingerprint density at radius 1 is 1.33 bits per heavy atom. The molecule has 1 aromatic carbocycles. The molecule has 0 spiro atoms. The molecule has 1 aromatic heterocycles. The zero-order chi connectivity index (χ0) is 10.7. The van der Waals surface area contributed by atoms with Gasteiger partial charge in [-0.3, -0.25) is 5.10 Å². The third kappa shape index (κ3) is 1.97. The Hall–Kier alpha value is -1.88. The summed E-state index contributed by atoms with van der Waals surface area (Å²) in [7, 11) is 1.63. The van der Waals surface area contributed by atoms with Crippen molar-refractivity contribution in [3.63, 3.8) is 0 Å². The van der Waals surface area contributed by atoms with E-state index in [-0.39, 0.29) is 6.04 Å². The van der Waals surface area contributed by atoms with Crippen molar-refractivity contribution in [3.05, 3.63) is 42.0 Å². The van der Waals surface area contributed by atoms with Crippen LogP contribution in [0.15, 0.2) is 30.6 Å². The number of hydrogen-bond acceptors (Lipinski definition) is 4. The largest absolute Gasteiger partial charge is 0.497 e. The van der Waals surface area contributed by atoms with Crippen molar-refractivity contribution in [2.45, 2.75) is 6.04 Å². The van der Waals surface area contributed by atoms with Crippen LogP contribution in [-0.4, -0.2) is 22.3 Å². The van der Waals surface area contributed by atoms with E-state index in [1.807, 2.05) is 24.3 Å². The van der Waals surface area contributed by atoms with Crippen LogP contribution in [0.5, 0.6) is 5.75 Å². The topological polar surface area (TPSA) is 76.8 Å². The minimum absolute atomic E-state index is 0.279. The first kappa shape index (κ1) is 9.67. The Kier molecular flexibility index (Phi) is 2.64. The minimum atomic E-state index is -0.279. The zero-order valence-electron chi connectivity index (χ0n) is 8.34. The molecular formula is C10H12N4O. The predicted octanol–water partition coefficient (Wildman–Crippen LogP) is 0.861. The summed E-state index contributed by atoms with van der Waals surface area (Å²) < 4.78 is 5.06. The molecular weight excluding hydrogens is 192 g/mol. The first-order chi connectivity index (χ1) is 7.31. The molecule has 2 rings (SSSR count). The number of ether oxygens (including phenoxy) is 1. The van der Waals surface area contributed by atoms with E-state index in [1.54, 1.807) is 7.11 Å². The molecule has 0 aliphatic rings. The molecule has 5 heteroatoms. The van der Waals surface area contributed by atoms with Crippen molar-refractivity contribution in [1.82, 2.24) is 15.2 Å².